The van der Waals surface area contributed by atoms with Gasteiger partial charge >= 0.3 is 12.1 Å². The van der Waals surface area contributed by atoms with Crippen LogP contribution in [0.3, 0.4) is 0 Å². The first-order valence-electron chi connectivity index (χ1n) is 17.1. The third-order valence-electron chi connectivity index (χ3n) is 10.7. The molecule has 4 fully saturated rings. The van der Waals surface area contributed by atoms with E-state index < -0.39 is 5.82 Å². The summed E-state index contributed by atoms with van der Waals surface area (Å²) in [7, 11) is 3.33. The smallest absolute Gasteiger partial charge is 0.409 e. The van der Waals surface area contributed by atoms with Crippen LogP contribution in [0.2, 0.25) is 0 Å². The molecule has 4 saturated heterocycles. The molecule has 4 aromatic rings. The van der Waals surface area contributed by atoms with Crippen molar-refractivity contribution in [2.24, 2.45) is 0 Å². The van der Waals surface area contributed by atoms with Crippen molar-refractivity contribution in [2.75, 3.05) is 51.8 Å². The number of terminal acetylenes is 1. The molecule has 2 N–H and O–H groups in total. The van der Waals surface area contributed by atoms with Gasteiger partial charge in [0.25, 0.3) is 0 Å². The Kier molecular flexibility index (Phi) is 8.00. The highest BCUT2D eigenvalue weighted by molar-refractivity contribution is 6.02. The number of carbonyl (C=O) groups excluding carboxylic acids is 1. The summed E-state index contributed by atoms with van der Waals surface area (Å²) in [5, 5.41) is 16.1. The number of carbonyl (C=O) groups is 1. The number of halogens is 1. The maximum Gasteiger partial charge on any atom is 0.409 e. The molecular formula is C38H40FN7O4. The van der Waals surface area contributed by atoms with Crippen LogP contribution >= 0.6 is 0 Å². The summed E-state index contributed by atoms with van der Waals surface area (Å²) in [4.78, 5) is 32.3. The molecule has 50 heavy (non-hydrogen) atoms. The number of phenols is 1. The Bertz CT molecular complexity index is 2070. The maximum atomic E-state index is 17.0. The summed E-state index contributed by atoms with van der Waals surface area (Å²) < 4.78 is 29.0. The standard InChI is InChI=1S/C38H40FN7O4/c1-5-23-7-6-8-24-13-28(47)14-29(31(23)24)33-32(39)34-30(16-40-33)35(45-18-25-9-10-26(19-45)41-25)43-36(42-34)50-21-38-12-11-27(20-49-37(48)44(3)4)46(38)17-22(2)15-38/h1,6-8,13-14,16,25-27,41,47H,2,9-12,15,17-21H2,3-4H3. The van der Waals surface area contributed by atoms with Gasteiger partial charge in [-0.05, 0) is 55.7 Å². The van der Waals surface area contributed by atoms with Crippen LogP contribution in [0.4, 0.5) is 15.0 Å². The van der Waals surface area contributed by atoms with Gasteiger partial charge in [0.2, 0.25) is 0 Å². The van der Waals surface area contributed by atoms with Crippen LogP contribution < -0.4 is 15.0 Å². The highest BCUT2D eigenvalue weighted by Gasteiger charge is 2.51. The zero-order valence-electron chi connectivity index (χ0n) is 28.3. The number of ether oxygens (including phenoxy) is 2. The van der Waals surface area contributed by atoms with Crippen LogP contribution in [0.5, 0.6) is 11.8 Å². The zero-order valence-corrected chi connectivity index (χ0v) is 28.3. The number of aromatic hydroxyl groups is 1. The number of rotatable bonds is 7. The van der Waals surface area contributed by atoms with E-state index in [1.54, 1.807) is 38.5 Å². The SMILES string of the molecule is C#Cc1cccc2cc(O)cc(-c3ncc4c(N5CC6CCC(C5)N6)nc(OCC56CCC(COC(=O)N(C)C)N5CC(=C)C6)nc4c3F)c12. The molecule has 11 nitrogen and oxygen atoms in total. The Balaban J connectivity index is 1.18. The minimum atomic E-state index is -0.648. The Labute approximate surface area is 290 Å². The number of benzene rings is 2. The monoisotopic (exact) mass is 677 g/mol. The molecule has 4 aliphatic rings. The van der Waals surface area contributed by atoms with E-state index in [0.29, 0.717) is 51.7 Å². The van der Waals surface area contributed by atoms with E-state index in [9.17, 15) is 9.90 Å². The molecule has 12 heteroatoms. The molecule has 1 amide bonds. The molecule has 6 heterocycles. The van der Waals surface area contributed by atoms with Crippen LogP contribution in [0, 0.1) is 18.2 Å². The lowest BCUT2D eigenvalue weighted by Gasteiger charge is -2.35. The lowest BCUT2D eigenvalue weighted by atomic mass is 9.94. The van der Waals surface area contributed by atoms with Crippen LogP contribution in [0.1, 0.15) is 37.7 Å². The van der Waals surface area contributed by atoms with Crippen molar-refractivity contribution in [1.29, 1.82) is 0 Å². The van der Waals surface area contributed by atoms with Crippen molar-refractivity contribution < 1.29 is 23.8 Å². The van der Waals surface area contributed by atoms with E-state index in [2.05, 4.69) is 32.6 Å². The van der Waals surface area contributed by atoms with Crippen LogP contribution in [-0.4, -0.2) is 107 Å². The average molecular weight is 678 g/mol. The molecule has 4 unspecified atom stereocenters. The molecule has 4 atom stereocenters. The summed E-state index contributed by atoms with van der Waals surface area (Å²) in [5.41, 5.74) is 1.77. The quantitative estimate of drug-likeness (QED) is 0.208. The molecular weight excluding hydrogens is 637 g/mol. The Morgan fingerprint density at radius 3 is 2.78 bits per heavy atom. The van der Waals surface area contributed by atoms with E-state index in [4.69, 9.17) is 25.9 Å². The van der Waals surface area contributed by atoms with Gasteiger partial charge in [-0.1, -0.05) is 30.2 Å². The number of hydrogen-bond acceptors (Lipinski definition) is 10. The number of aromatic nitrogens is 3. The molecule has 4 aliphatic heterocycles. The maximum absolute atomic E-state index is 17.0. The van der Waals surface area contributed by atoms with Crippen LogP contribution in [-0.2, 0) is 4.74 Å². The van der Waals surface area contributed by atoms with Crippen LogP contribution in [0.25, 0.3) is 32.9 Å². The Hall–Kier alpha value is -4.99. The summed E-state index contributed by atoms with van der Waals surface area (Å²) in [5.74, 6) is 2.59. The number of anilines is 1. The lowest BCUT2D eigenvalue weighted by Crippen LogP contribution is -2.51. The predicted molar refractivity (Wildman–Crippen MR) is 189 cm³/mol. The fraction of sp³-hybridized carbons (Fsp3) is 0.421. The second kappa shape index (κ2) is 12.4. The van der Waals surface area contributed by atoms with E-state index in [-0.39, 0.29) is 53.9 Å². The number of hydrogen-bond donors (Lipinski definition) is 2. The van der Waals surface area contributed by atoms with Gasteiger partial charge in [-0.3, -0.25) is 9.88 Å². The summed E-state index contributed by atoms with van der Waals surface area (Å²) in [6.07, 6.45) is 11.6. The third kappa shape index (κ3) is 5.54. The first-order valence-corrected chi connectivity index (χ1v) is 17.1. The summed E-state index contributed by atoms with van der Waals surface area (Å²) in [6, 6.07) is 9.24. The van der Waals surface area contributed by atoms with Gasteiger partial charge in [0.05, 0.1) is 10.9 Å². The van der Waals surface area contributed by atoms with Crippen molar-refractivity contribution in [3.63, 3.8) is 0 Å². The van der Waals surface area contributed by atoms with Gasteiger partial charge < -0.3 is 29.7 Å². The van der Waals surface area contributed by atoms with Gasteiger partial charge in [0, 0.05) is 74.6 Å². The fourth-order valence-corrected chi connectivity index (χ4v) is 8.45. The summed E-state index contributed by atoms with van der Waals surface area (Å²) >= 11 is 0. The topological polar surface area (TPSA) is 116 Å². The van der Waals surface area contributed by atoms with Crippen molar-refractivity contribution in [3.8, 4) is 35.4 Å². The molecule has 0 radical (unpaired) electrons. The molecule has 0 aliphatic carbocycles. The predicted octanol–water partition coefficient (Wildman–Crippen LogP) is 4.85. The molecule has 0 spiro atoms. The number of nitrogens with zero attached hydrogens (tertiary/aromatic N) is 6. The highest BCUT2D eigenvalue weighted by atomic mass is 19.1. The van der Waals surface area contributed by atoms with E-state index >= 15 is 4.39 Å². The van der Waals surface area contributed by atoms with Crippen LogP contribution in [0.15, 0.2) is 48.7 Å². The zero-order chi connectivity index (χ0) is 34.7. The second-order valence-electron chi connectivity index (χ2n) is 14.3. The number of phenolic OH excluding ortho intramolecular Hbond substituents is 1. The summed E-state index contributed by atoms with van der Waals surface area (Å²) in [6.45, 7) is 6.95. The largest absolute Gasteiger partial charge is 0.508 e. The van der Waals surface area contributed by atoms with Gasteiger partial charge in [-0.2, -0.15) is 9.97 Å². The molecule has 2 aromatic carbocycles. The van der Waals surface area contributed by atoms with Crippen molar-refractivity contribution >= 4 is 33.6 Å². The van der Waals surface area contributed by atoms with Gasteiger partial charge in [0.15, 0.2) is 5.82 Å². The number of pyridine rings is 1. The first kappa shape index (κ1) is 32.2. The van der Waals surface area contributed by atoms with E-state index in [1.165, 1.54) is 11.0 Å². The first-order chi connectivity index (χ1) is 24.1. The Morgan fingerprint density at radius 2 is 2.02 bits per heavy atom. The average Bonchev–Trinajstić information content (AvgIpc) is 3.74. The van der Waals surface area contributed by atoms with Crippen molar-refractivity contribution in [3.05, 3.63) is 60.1 Å². The molecule has 8 rings (SSSR count). The lowest BCUT2D eigenvalue weighted by molar-refractivity contribution is 0.0485. The molecule has 0 saturated carbocycles. The molecule has 2 aromatic heterocycles. The van der Waals surface area contributed by atoms with E-state index in [0.717, 1.165) is 50.8 Å². The van der Waals surface area contributed by atoms with Gasteiger partial charge in [-0.25, -0.2) is 9.18 Å². The normalized spacial score (nSPS) is 24.5. The number of nitrogens with one attached hydrogen (secondary N) is 1. The molecule has 2 bridgehead atoms. The van der Waals surface area contributed by atoms with Crippen molar-refractivity contribution in [1.82, 2.24) is 30.1 Å². The minimum Gasteiger partial charge on any atom is -0.508 e. The van der Waals surface area contributed by atoms with Crippen molar-refractivity contribution in [2.45, 2.75) is 55.8 Å². The number of amides is 1. The Morgan fingerprint density at radius 1 is 1.22 bits per heavy atom. The van der Waals surface area contributed by atoms with Gasteiger partial charge in [0.1, 0.15) is 36.0 Å². The number of fused-ring (bicyclic) bond motifs is 5. The second-order valence-corrected chi connectivity index (χ2v) is 14.3. The minimum absolute atomic E-state index is 0.0276. The van der Waals surface area contributed by atoms with E-state index in [1.807, 2.05) is 6.07 Å². The molecule has 258 valence electrons. The number of piperazine rings is 1. The fourth-order valence-electron chi connectivity index (χ4n) is 8.45. The third-order valence-corrected chi connectivity index (χ3v) is 10.7. The highest BCUT2D eigenvalue weighted by Crippen LogP contribution is 2.45. The van der Waals surface area contributed by atoms with Gasteiger partial charge in [-0.15, -0.1) is 6.42 Å².